The highest BCUT2D eigenvalue weighted by Crippen LogP contribution is 2.24. The van der Waals surface area contributed by atoms with Gasteiger partial charge in [-0.3, -0.25) is 4.89 Å². The number of halogens is 1. The summed E-state index contributed by atoms with van der Waals surface area (Å²) in [5, 5.41) is 0. The van der Waals surface area contributed by atoms with E-state index in [9.17, 15) is 4.79 Å². The topological polar surface area (TPSA) is 35.5 Å². The monoisotopic (exact) mass is 270 g/mol. The third kappa shape index (κ3) is 3.40. The van der Waals surface area contributed by atoms with Gasteiger partial charge in [-0.15, -0.1) is 0 Å². The number of para-hydroxylation sites is 1. The molecule has 0 unspecified atom stereocenters. The van der Waals surface area contributed by atoms with Gasteiger partial charge in [0.05, 0.1) is 4.47 Å². The van der Waals surface area contributed by atoms with E-state index in [1.807, 2.05) is 13.0 Å². The maximum atomic E-state index is 11.2. The fourth-order valence-corrected chi connectivity index (χ4v) is 1.15. The van der Waals surface area contributed by atoms with Crippen molar-refractivity contribution in [3.8, 4) is 5.75 Å². The Morgan fingerprint density at radius 2 is 2.13 bits per heavy atom. The minimum atomic E-state index is -0.548. The summed E-state index contributed by atoms with van der Waals surface area (Å²) >= 11 is 3.26. The predicted octanol–water partition coefficient (Wildman–Crippen LogP) is 3.25. The number of rotatable bonds is 4. The number of carbonyl (C=O) groups excluding carboxylic acids is 1. The highest BCUT2D eigenvalue weighted by molar-refractivity contribution is 9.10. The molecule has 4 heteroatoms. The van der Waals surface area contributed by atoms with Crippen LogP contribution in [0.2, 0.25) is 0 Å². The lowest BCUT2D eigenvalue weighted by Crippen LogP contribution is -2.09. The van der Waals surface area contributed by atoms with Crippen LogP contribution in [0.1, 0.15) is 13.3 Å². The van der Waals surface area contributed by atoms with E-state index in [1.165, 1.54) is 0 Å². The second-order valence-corrected chi connectivity index (χ2v) is 3.70. The van der Waals surface area contributed by atoms with Crippen molar-refractivity contribution >= 4 is 21.9 Å². The molecule has 80 valence electrons. The molecule has 15 heavy (non-hydrogen) atoms. The molecule has 0 bridgehead atoms. The van der Waals surface area contributed by atoms with Gasteiger partial charge in [0, 0.05) is 5.57 Å². The first-order valence-corrected chi connectivity index (χ1v) is 5.25. The summed E-state index contributed by atoms with van der Waals surface area (Å²) in [5.74, 6) is -0.0944. The van der Waals surface area contributed by atoms with Crippen LogP contribution in [-0.2, 0) is 9.68 Å². The Bertz CT molecular complexity index is 374. The van der Waals surface area contributed by atoms with Crippen LogP contribution in [0.15, 0.2) is 40.9 Å². The number of benzene rings is 1. The number of carbonyl (C=O) groups is 1. The third-order valence-corrected chi connectivity index (χ3v) is 2.41. The lowest BCUT2D eigenvalue weighted by molar-refractivity contribution is -0.209. The number of hydrogen-bond acceptors (Lipinski definition) is 3. The Morgan fingerprint density at radius 3 is 2.73 bits per heavy atom. The molecule has 0 aromatic heterocycles. The summed E-state index contributed by atoms with van der Waals surface area (Å²) in [6.45, 7) is 5.36. The Balaban J connectivity index is 2.54. The van der Waals surface area contributed by atoms with E-state index in [2.05, 4.69) is 27.4 Å². The van der Waals surface area contributed by atoms with Crippen LogP contribution in [0.4, 0.5) is 0 Å². The molecule has 0 aliphatic carbocycles. The zero-order chi connectivity index (χ0) is 11.3. The molecule has 1 aromatic carbocycles. The molecule has 1 rings (SSSR count). The van der Waals surface area contributed by atoms with Gasteiger partial charge in [0.1, 0.15) is 0 Å². The van der Waals surface area contributed by atoms with Crippen LogP contribution in [0.5, 0.6) is 5.75 Å². The zero-order valence-corrected chi connectivity index (χ0v) is 9.91. The van der Waals surface area contributed by atoms with E-state index in [0.29, 0.717) is 17.7 Å². The summed E-state index contributed by atoms with van der Waals surface area (Å²) in [5.41, 5.74) is 0.377. The van der Waals surface area contributed by atoms with Crippen molar-refractivity contribution in [1.82, 2.24) is 0 Å². The van der Waals surface area contributed by atoms with Crippen LogP contribution in [-0.4, -0.2) is 5.97 Å². The van der Waals surface area contributed by atoms with Crippen LogP contribution >= 0.6 is 15.9 Å². The van der Waals surface area contributed by atoms with Gasteiger partial charge in [0.15, 0.2) is 5.75 Å². The smallest absolute Gasteiger partial charge is 0.285 e. The lowest BCUT2D eigenvalue weighted by Gasteiger charge is -2.05. The van der Waals surface area contributed by atoms with Gasteiger partial charge >= 0.3 is 5.97 Å². The fourth-order valence-electron chi connectivity index (χ4n) is 0.798. The molecule has 0 atom stereocenters. The highest BCUT2D eigenvalue weighted by Gasteiger charge is 2.09. The summed E-state index contributed by atoms with van der Waals surface area (Å²) in [6.07, 6.45) is 0.540. The van der Waals surface area contributed by atoms with Crippen LogP contribution in [0, 0.1) is 0 Å². The van der Waals surface area contributed by atoms with E-state index < -0.39 is 5.97 Å². The van der Waals surface area contributed by atoms with Crippen molar-refractivity contribution in [2.75, 3.05) is 0 Å². The third-order valence-electron chi connectivity index (χ3n) is 1.76. The number of hydrogen-bond donors (Lipinski definition) is 0. The Morgan fingerprint density at radius 1 is 1.47 bits per heavy atom. The minimum absolute atomic E-state index is 0.377. The van der Waals surface area contributed by atoms with E-state index in [1.54, 1.807) is 18.2 Å². The highest BCUT2D eigenvalue weighted by atomic mass is 79.9. The van der Waals surface area contributed by atoms with E-state index >= 15 is 0 Å². The molecule has 0 amide bonds. The van der Waals surface area contributed by atoms with E-state index in [-0.39, 0.29) is 0 Å². The van der Waals surface area contributed by atoms with Crippen molar-refractivity contribution in [3.05, 3.63) is 40.9 Å². The molecular formula is C11H11BrO3. The van der Waals surface area contributed by atoms with Gasteiger partial charge in [-0.25, -0.2) is 9.68 Å². The summed E-state index contributed by atoms with van der Waals surface area (Å²) < 4.78 is 0.722. The first kappa shape index (κ1) is 11.8. The molecule has 0 saturated heterocycles. The molecule has 0 fully saturated rings. The van der Waals surface area contributed by atoms with Gasteiger partial charge in [-0.2, -0.15) is 0 Å². The Hall–Kier alpha value is -1.29. The zero-order valence-electron chi connectivity index (χ0n) is 8.33. The van der Waals surface area contributed by atoms with Crippen molar-refractivity contribution in [2.45, 2.75) is 13.3 Å². The Labute approximate surface area is 96.8 Å². The van der Waals surface area contributed by atoms with Gasteiger partial charge in [0.2, 0.25) is 0 Å². The normalized spacial score (nSPS) is 9.47. The van der Waals surface area contributed by atoms with E-state index in [4.69, 9.17) is 4.89 Å². The summed E-state index contributed by atoms with van der Waals surface area (Å²) in [6, 6.07) is 7.09. The van der Waals surface area contributed by atoms with E-state index in [0.717, 1.165) is 4.47 Å². The first-order chi connectivity index (χ1) is 7.15. The first-order valence-electron chi connectivity index (χ1n) is 4.46. The van der Waals surface area contributed by atoms with Gasteiger partial charge < -0.3 is 0 Å². The van der Waals surface area contributed by atoms with Crippen molar-refractivity contribution in [3.63, 3.8) is 0 Å². The molecule has 0 heterocycles. The maximum absolute atomic E-state index is 11.2. The molecule has 0 N–H and O–H groups in total. The molecule has 1 aromatic rings. The molecule has 0 radical (unpaired) electrons. The molecule has 0 spiro atoms. The van der Waals surface area contributed by atoms with Crippen molar-refractivity contribution in [1.29, 1.82) is 0 Å². The molecule has 0 saturated carbocycles. The van der Waals surface area contributed by atoms with Crippen LogP contribution in [0.3, 0.4) is 0 Å². The molecule has 3 nitrogen and oxygen atoms in total. The lowest BCUT2D eigenvalue weighted by atomic mass is 10.2. The summed E-state index contributed by atoms with van der Waals surface area (Å²) in [4.78, 5) is 20.7. The molecule has 0 aliphatic heterocycles. The van der Waals surface area contributed by atoms with Crippen molar-refractivity contribution in [2.24, 2.45) is 0 Å². The largest absolute Gasteiger partial charge is 0.381 e. The van der Waals surface area contributed by atoms with Crippen LogP contribution < -0.4 is 4.89 Å². The Kier molecular flexibility index (Phi) is 4.37. The fraction of sp³-hybridized carbons (Fsp3) is 0.182. The SMILES string of the molecule is C=C(CC)C(=O)OOc1ccccc1Br. The van der Waals surface area contributed by atoms with Gasteiger partial charge in [-0.05, 0) is 34.5 Å². The van der Waals surface area contributed by atoms with Crippen LogP contribution in [0.25, 0.3) is 0 Å². The standard InChI is InChI=1S/C11H11BrO3/c1-3-8(2)11(13)15-14-10-7-5-4-6-9(10)12/h4-7H,2-3H2,1H3. The van der Waals surface area contributed by atoms with Gasteiger partial charge in [0.25, 0.3) is 0 Å². The quantitative estimate of drug-likeness (QED) is 0.479. The average molecular weight is 271 g/mol. The molecule has 0 aliphatic rings. The average Bonchev–Trinajstić information content (AvgIpc) is 2.26. The summed E-state index contributed by atoms with van der Waals surface area (Å²) in [7, 11) is 0. The minimum Gasteiger partial charge on any atom is -0.285 e. The second-order valence-electron chi connectivity index (χ2n) is 2.84. The predicted molar refractivity (Wildman–Crippen MR) is 60.3 cm³/mol. The van der Waals surface area contributed by atoms with Gasteiger partial charge in [-0.1, -0.05) is 25.6 Å². The second kappa shape index (κ2) is 5.56. The maximum Gasteiger partial charge on any atom is 0.381 e. The molecular weight excluding hydrogens is 260 g/mol. The van der Waals surface area contributed by atoms with Crippen molar-refractivity contribution < 1.29 is 14.6 Å².